The van der Waals surface area contributed by atoms with Crippen molar-refractivity contribution in [2.75, 3.05) is 0 Å². The molecule has 0 saturated heterocycles. The molecule has 3 rings (SSSR count). The van der Waals surface area contributed by atoms with Gasteiger partial charge in [-0.3, -0.25) is 9.20 Å². The molecule has 0 N–H and O–H groups in total. The van der Waals surface area contributed by atoms with Crippen molar-refractivity contribution in [1.29, 1.82) is 0 Å². The number of hydrogen-bond donors (Lipinski definition) is 0. The van der Waals surface area contributed by atoms with E-state index < -0.39 is 0 Å². The summed E-state index contributed by atoms with van der Waals surface area (Å²) in [5, 5.41) is 4.09. The highest BCUT2D eigenvalue weighted by Gasteiger charge is 2.14. The summed E-state index contributed by atoms with van der Waals surface area (Å²) in [5.41, 5.74) is 2.95. The summed E-state index contributed by atoms with van der Waals surface area (Å²) in [6, 6.07) is 3.67. The molecule has 0 aliphatic heterocycles. The first-order chi connectivity index (χ1) is 8.70. The number of rotatable bonds is 2. The van der Waals surface area contributed by atoms with Crippen LogP contribution in [0.1, 0.15) is 17.5 Å². The van der Waals surface area contributed by atoms with Crippen LogP contribution in [-0.2, 0) is 6.42 Å². The Hall–Kier alpha value is -1.46. The summed E-state index contributed by atoms with van der Waals surface area (Å²) in [6.07, 6.45) is 0.788. The zero-order chi connectivity index (χ0) is 12.7. The van der Waals surface area contributed by atoms with E-state index in [0.717, 1.165) is 33.2 Å². The molecule has 0 aromatic carbocycles. The van der Waals surface area contributed by atoms with Crippen LogP contribution in [0.4, 0.5) is 0 Å². The lowest BCUT2D eigenvalue weighted by Gasteiger charge is -2.01. The normalized spacial score (nSPS) is 11.2. The minimum absolute atomic E-state index is 0.0161. The first-order valence-electron chi connectivity index (χ1n) is 5.75. The molecule has 0 fully saturated rings. The van der Waals surface area contributed by atoms with Gasteiger partial charge in [-0.15, -0.1) is 11.3 Å². The number of hydrogen-bond acceptors (Lipinski definition) is 4. The van der Waals surface area contributed by atoms with Gasteiger partial charge in [0.25, 0.3) is 5.56 Å². The van der Waals surface area contributed by atoms with E-state index in [-0.39, 0.29) is 5.56 Å². The molecule has 3 aromatic heterocycles. The van der Waals surface area contributed by atoms with Gasteiger partial charge in [0.1, 0.15) is 0 Å². The average Bonchev–Trinajstić information content (AvgIpc) is 2.95. The van der Waals surface area contributed by atoms with Crippen molar-refractivity contribution in [2.45, 2.75) is 20.3 Å². The predicted molar refractivity (Wildman–Crippen MR) is 76.8 cm³/mol. The Bertz CT molecular complexity index is 753. The van der Waals surface area contributed by atoms with Gasteiger partial charge in [-0.05, 0) is 24.8 Å². The molecule has 0 aliphatic rings. The molecular weight excluding hydrogens is 264 g/mol. The molecule has 0 amide bonds. The Labute approximate surface area is 112 Å². The Morgan fingerprint density at radius 1 is 1.44 bits per heavy atom. The molecule has 0 atom stereocenters. The van der Waals surface area contributed by atoms with Gasteiger partial charge in [0.05, 0.1) is 5.69 Å². The Morgan fingerprint density at radius 2 is 2.28 bits per heavy atom. The molecule has 0 unspecified atom stereocenters. The third kappa shape index (κ3) is 1.71. The lowest BCUT2D eigenvalue weighted by molar-refractivity contribution is 0.985. The van der Waals surface area contributed by atoms with E-state index in [9.17, 15) is 4.79 Å². The number of aryl methyl sites for hydroxylation is 2. The molecule has 0 bridgehead atoms. The fourth-order valence-electron chi connectivity index (χ4n) is 2.04. The van der Waals surface area contributed by atoms with Gasteiger partial charge in [-0.2, -0.15) is 11.3 Å². The molecule has 0 aliphatic carbocycles. The zero-order valence-corrected chi connectivity index (χ0v) is 11.8. The van der Waals surface area contributed by atoms with Crippen molar-refractivity contribution in [2.24, 2.45) is 0 Å². The van der Waals surface area contributed by atoms with Crippen LogP contribution in [0.3, 0.4) is 0 Å². The van der Waals surface area contributed by atoms with Crippen molar-refractivity contribution in [3.8, 4) is 11.3 Å². The van der Waals surface area contributed by atoms with Crippen LogP contribution in [-0.4, -0.2) is 9.38 Å². The molecule has 5 heteroatoms. The van der Waals surface area contributed by atoms with Crippen LogP contribution in [0.15, 0.2) is 27.7 Å². The minimum atomic E-state index is 0.0161. The van der Waals surface area contributed by atoms with Crippen molar-refractivity contribution in [1.82, 2.24) is 9.38 Å². The first-order valence-corrected chi connectivity index (χ1v) is 7.51. The maximum Gasteiger partial charge on any atom is 0.259 e. The van der Waals surface area contributed by atoms with E-state index in [0.29, 0.717) is 0 Å². The van der Waals surface area contributed by atoms with Gasteiger partial charge in [0.15, 0.2) is 4.96 Å². The highest BCUT2D eigenvalue weighted by atomic mass is 32.1. The van der Waals surface area contributed by atoms with Crippen LogP contribution in [0.25, 0.3) is 16.2 Å². The van der Waals surface area contributed by atoms with Gasteiger partial charge in [-0.1, -0.05) is 6.92 Å². The van der Waals surface area contributed by atoms with Gasteiger partial charge in [-0.25, -0.2) is 4.98 Å². The predicted octanol–water partition coefficient (Wildman–Crippen LogP) is 3.36. The third-order valence-electron chi connectivity index (χ3n) is 2.90. The lowest BCUT2D eigenvalue weighted by atomic mass is 10.2. The molecular formula is C13H12N2OS2. The van der Waals surface area contributed by atoms with Crippen molar-refractivity contribution in [3.05, 3.63) is 43.8 Å². The summed E-state index contributed by atoms with van der Waals surface area (Å²) < 4.78 is 1.72. The number of fused-ring (bicyclic) bond motifs is 1. The Balaban J connectivity index is 2.40. The van der Waals surface area contributed by atoms with Crippen molar-refractivity contribution >= 4 is 27.6 Å². The SMILES string of the molecule is CCc1cc(=O)n2c(-c3ccsc3)c(C)sc2n1. The summed E-state index contributed by atoms with van der Waals surface area (Å²) >= 11 is 3.21. The number of nitrogens with zero attached hydrogens (tertiary/aromatic N) is 2. The van der Waals surface area contributed by atoms with Gasteiger partial charge in [0.2, 0.25) is 0 Å². The van der Waals surface area contributed by atoms with E-state index in [2.05, 4.69) is 10.4 Å². The topological polar surface area (TPSA) is 34.4 Å². The second-order valence-corrected chi connectivity index (χ2v) is 6.04. The van der Waals surface area contributed by atoms with Crippen LogP contribution < -0.4 is 5.56 Å². The maximum atomic E-state index is 12.2. The van der Waals surface area contributed by atoms with Crippen molar-refractivity contribution < 1.29 is 0 Å². The number of thiophene rings is 1. The third-order valence-corrected chi connectivity index (χ3v) is 4.54. The molecule has 0 radical (unpaired) electrons. The molecule has 92 valence electrons. The van der Waals surface area contributed by atoms with E-state index in [1.807, 2.05) is 25.3 Å². The van der Waals surface area contributed by atoms with Gasteiger partial charge >= 0.3 is 0 Å². The minimum Gasteiger partial charge on any atom is -0.269 e. The van der Waals surface area contributed by atoms with Crippen LogP contribution in [0, 0.1) is 6.92 Å². The zero-order valence-electron chi connectivity index (χ0n) is 10.1. The fourth-order valence-corrected chi connectivity index (χ4v) is 3.69. The first kappa shape index (κ1) is 11.6. The second kappa shape index (κ2) is 4.33. The number of thiazole rings is 1. The van der Waals surface area contributed by atoms with Crippen molar-refractivity contribution in [3.63, 3.8) is 0 Å². The van der Waals surface area contributed by atoms with Gasteiger partial charge < -0.3 is 0 Å². The molecule has 0 spiro atoms. The lowest BCUT2D eigenvalue weighted by Crippen LogP contribution is -2.14. The largest absolute Gasteiger partial charge is 0.269 e. The number of aromatic nitrogens is 2. The second-order valence-electron chi connectivity index (χ2n) is 4.08. The van der Waals surface area contributed by atoms with E-state index in [4.69, 9.17) is 0 Å². The quantitative estimate of drug-likeness (QED) is 0.719. The summed E-state index contributed by atoms with van der Waals surface area (Å²) in [4.78, 5) is 18.7. The van der Waals surface area contributed by atoms with Crippen LogP contribution >= 0.6 is 22.7 Å². The highest BCUT2D eigenvalue weighted by Crippen LogP contribution is 2.30. The fraction of sp³-hybridized carbons (Fsp3) is 0.231. The van der Waals surface area contributed by atoms with Crippen LogP contribution in [0.5, 0.6) is 0 Å². The average molecular weight is 276 g/mol. The van der Waals surface area contributed by atoms with E-state index >= 15 is 0 Å². The Morgan fingerprint density at radius 3 is 2.94 bits per heavy atom. The maximum absolute atomic E-state index is 12.2. The molecule has 3 heterocycles. The molecule has 18 heavy (non-hydrogen) atoms. The summed E-state index contributed by atoms with van der Waals surface area (Å²) in [7, 11) is 0. The highest BCUT2D eigenvalue weighted by molar-refractivity contribution is 7.17. The monoisotopic (exact) mass is 276 g/mol. The standard InChI is InChI=1S/C13H12N2OS2/c1-3-10-6-11(16)15-12(9-4-5-17-7-9)8(2)18-13(15)14-10/h4-7H,3H2,1-2H3. The van der Waals surface area contributed by atoms with Crippen LogP contribution in [0.2, 0.25) is 0 Å². The molecule has 0 saturated carbocycles. The molecule has 3 aromatic rings. The Kier molecular flexibility index (Phi) is 2.80. The summed E-state index contributed by atoms with van der Waals surface area (Å²) in [5.74, 6) is 0. The van der Waals surface area contributed by atoms with E-state index in [1.165, 1.54) is 0 Å². The summed E-state index contributed by atoms with van der Waals surface area (Å²) in [6.45, 7) is 4.05. The molecule has 3 nitrogen and oxygen atoms in total. The van der Waals surface area contributed by atoms with E-state index in [1.54, 1.807) is 33.1 Å². The smallest absolute Gasteiger partial charge is 0.259 e. The van der Waals surface area contributed by atoms with Gasteiger partial charge in [0, 0.05) is 27.6 Å².